The number of benzene rings is 2. The number of rotatable bonds is 3. The van der Waals surface area contributed by atoms with Crippen molar-refractivity contribution in [3.63, 3.8) is 0 Å². The van der Waals surface area contributed by atoms with Gasteiger partial charge in [-0.3, -0.25) is 4.79 Å². The maximum Gasteiger partial charge on any atom is 0.251 e. The minimum absolute atomic E-state index is 0.171. The minimum atomic E-state index is -0.284. The lowest BCUT2D eigenvalue weighted by molar-refractivity contribution is 0.0950. The smallest absolute Gasteiger partial charge is 0.251 e. The SMILES string of the molecule is O=C(NCc1ccc(F)cc1)c1cccc(S)c1. The third kappa shape index (κ3) is 3.34. The van der Waals surface area contributed by atoms with Crippen LogP contribution in [0.5, 0.6) is 0 Å². The third-order valence-corrected chi connectivity index (χ3v) is 2.75. The number of halogens is 1. The number of nitrogens with one attached hydrogen (secondary N) is 1. The summed E-state index contributed by atoms with van der Waals surface area (Å²) in [4.78, 5) is 12.6. The maximum absolute atomic E-state index is 12.7. The molecule has 1 amide bonds. The van der Waals surface area contributed by atoms with E-state index in [1.165, 1.54) is 12.1 Å². The van der Waals surface area contributed by atoms with Gasteiger partial charge in [-0.1, -0.05) is 18.2 Å². The molecule has 0 aliphatic carbocycles. The second-order valence-corrected chi connectivity index (χ2v) is 4.38. The molecule has 0 saturated heterocycles. The molecule has 18 heavy (non-hydrogen) atoms. The summed E-state index contributed by atoms with van der Waals surface area (Å²) in [7, 11) is 0. The Morgan fingerprint density at radius 2 is 1.89 bits per heavy atom. The molecule has 0 atom stereocenters. The van der Waals surface area contributed by atoms with Crippen LogP contribution in [0, 0.1) is 5.82 Å². The fourth-order valence-electron chi connectivity index (χ4n) is 1.53. The largest absolute Gasteiger partial charge is 0.348 e. The molecule has 0 saturated carbocycles. The van der Waals surface area contributed by atoms with E-state index in [4.69, 9.17) is 0 Å². The van der Waals surface area contributed by atoms with Crippen LogP contribution in [-0.4, -0.2) is 5.91 Å². The first-order valence-electron chi connectivity index (χ1n) is 5.47. The lowest BCUT2D eigenvalue weighted by Crippen LogP contribution is -2.22. The molecule has 92 valence electrons. The van der Waals surface area contributed by atoms with E-state index in [9.17, 15) is 9.18 Å². The van der Waals surface area contributed by atoms with E-state index in [0.717, 1.165) is 10.5 Å². The highest BCUT2D eigenvalue weighted by atomic mass is 32.1. The molecule has 4 heteroatoms. The molecular weight excluding hydrogens is 249 g/mol. The van der Waals surface area contributed by atoms with Gasteiger partial charge in [0, 0.05) is 17.0 Å². The average Bonchev–Trinajstić information content (AvgIpc) is 2.38. The molecule has 0 fully saturated rings. The van der Waals surface area contributed by atoms with Crippen molar-refractivity contribution in [2.75, 3.05) is 0 Å². The molecule has 0 aromatic heterocycles. The van der Waals surface area contributed by atoms with Gasteiger partial charge in [-0.25, -0.2) is 4.39 Å². The highest BCUT2D eigenvalue weighted by molar-refractivity contribution is 7.80. The number of amides is 1. The molecule has 0 aliphatic heterocycles. The van der Waals surface area contributed by atoms with Crippen LogP contribution in [0.2, 0.25) is 0 Å². The summed E-state index contributed by atoms with van der Waals surface area (Å²) in [6, 6.07) is 13.0. The minimum Gasteiger partial charge on any atom is -0.348 e. The van der Waals surface area contributed by atoms with Crippen LogP contribution in [0.1, 0.15) is 15.9 Å². The molecule has 0 bridgehead atoms. The van der Waals surface area contributed by atoms with Gasteiger partial charge in [-0.15, -0.1) is 12.6 Å². The van der Waals surface area contributed by atoms with Crippen molar-refractivity contribution >= 4 is 18.5 Å². The van der Waals surface area contributed by atoms with Crippen molar-refractivity contribution in [2.45, 2.75) is 11.4 Å². The van der Waals surface area contributed by atoms with Gasteiger partial charge in [0.1, 0.15) is 5.82 Å². The van der Waals surface area contributed by atoms with Crippen LogP contribution < -0.4 is 5.32 Å². The van der Waals surface area contributed by atoms with Gasteiger partial charge in [-0.2, -0.15) is 0 Å². The molecule has 2 aromatic carbocycles. The monoisotopic (exact) mass is 261 g/mol. The van der Waals surface area contributed by atoms with Gasteiger partial charge in [-0.05, 0) is 35.9 Å². The Morgan fingerprint density at radius 3 is 2.56 bits per heavy atom. The van der Waals surface area contributed by atoms with Gasteiger partial charge in [0.2, 0.25) is 0 Å². The van der Waals surface area contributed by atoms with Crippen molar-refractivity contribution in [3.05, 3.63) is 65.5 Å². The fourth-order valence-corrected chi connectivity index (χ4v) is 1.76. The predicted octanol–water partition coefficient (Wildman–Crippen LogP) is 3.04. The van der Waals surface area contributed by atoms with E-state index in [-0.39, 0.29) is 11.7 Å². The third-order valence-electron chi connectivity index (χ3n) is 2.47. The lowest BCUT2D eigenvalue weighted by atomic mass is 10.2. The molecule has 2 aromatic rings. The Bertz CT molecular complexity index is 554. The molecule has 0 radical (unpaired) electrons. The summed E-state index contributed by atoms with van der Waals surface area (Å²) < 4.78 is 12.7. The van der Waals surface area contributed by atoms with Crippen molar-refractivity contribution < 1.29 is 9.18 Å². The molecule has 0 unspecified atom stereocenters. The van der Waals surface area contributed by atoms with Crippen molar-refractivity contribution in [3.8, 4) is 0 Å². The predicted molar refractivity (Wildman–Crippen MR) is 71.3 cm³/mol. The second-order valence-electron chi connectivity index (χ2n) is 3.86. The van der Waals surface area contributed by atoms with Crippen LogP contribution in [0.4, 0.5) is 4.39 Å². The first kappa shape index (κ1) is 12.6. The van der Waals surface area contributed by atoms with E-state index in [1.54, 1.807) is 36.4 Å². The zero-order valence-corrected chi connectivity index (χ0v) is 10.5. The molecule has 2 nitrogen and oxygen atoms in total. The molecule has 0 heterocycles. The summed E-state index contributed by atoms with van der Waals surface area (Å²) in [5.74, 6) is -0.455. The topological polar surface area (TPSA) is 29.1 Å². The highest BCUT2D eigenvalue weighted by Gasteiger charge is 2.05. The Morgan fingerprint density at radius 1 is 1.17 bits per heavy atom. The zero-order chi connectivity index (χ0) is 13.0. The van der Waals surface area contributed by atoms with Crippen LogP contribution in [-0.2, 0) is 6.54 Å². The van der Waals surface area contributed by atoms with Crippen molar-refractivity contribution in [2.24, 2.45) is 0 Å². The van der Waals surface area contributed by atoms with E-state index in [2.05, 4.69) is 17.9 Å². The van der Waals surface area contributed by atoms with Crippen LogP contribution >= 0.6 is 12.6 Å². The molecule has 0 aliphatic rings. The first-order valence-corrected chi connectivity index (χ1v) is 5.91. The van der Waals surface area contributed by atoms with Crippen LogP contribution in [0.3, 0.4) is 0 Å². The van der Waals surface area contributed by atoms with Crippen molar-refractivity contribution in [1.29, 1.82) is 0 Å². The summed E-state index contributed by atoms with van der Waals surface area (Å²) >= 11 is 4.18. The Kier molecular flexibility index (Phi) is 3.99. The highest BCUT2D eigenvalue weighted by Crippen LogP contribution is 2.09. The Balaban J connectivity index is 1.98. The van der Waals surface area contributed by atoms with Gasteiger partial charge >= 0.3 is 0 Å². The van der Waals surface area contributed by atoms with E-state index < -0.39 is 0 Å². The van der Waals surface area contributed by atoms with Crippen molar-refractivity contribution in [1.82, 2.24) is 5.32 Å². The van der Waals surface area contributed by atoms with Crippen LogP contribution in [0.25, 0.3) is 0 Å². The normalized spacial score (nSPS) is 10.1. The summed E-state index contributed by atoms with van der Waals surface area (Å²) in [5, 5.41) is 2.77. The van der Waals surface area contributed by atoms with Gasteiger partial charge in [0.05, 0.1) is 0 Å². The summed E-state index contributed by atoms with van der Waals surface area (Å²) in [5.41, 5.74) is 1.41. The maximum atomic E-state index is 12.7. The number of carbonyl (C=O) groups is 1. The van der Waals surface area contributed by atoms with E-state index in [0.29, 0.717) is 12.1 Å². The van der Waals surface area contributed by atoms with Gasteiger partial charge in [0.15, 0.2) is 0 Å². The summed E-state index contributed by atoms with van der Waals surface area (Å²) in [6.45, 7) is 0.371. The Hall–Kier alpha value is -1.81. The number of hydrogen-bond acceptors (Lipinski definition) is 2. The van der Waals surface area contributed by atoms with E-state index >= 15 is 0 Å². The molecule has 1 N–H and O–H groups in total. The lowest BCUT2D eigenvalue weighted by Gasteiger charge is -2.05. The fraction of sp³-hybridized carbons (Fsp3) is 0.0714. The van der Waals surface area contributed by atoms with Gasteiger partial charge in [0.25, 0.3) is 5.91 Å². The standard InChI is InChI=1S/C14H12FNOS/c15-12-6-4-10(5-7-12)9-16-14(17)11-2-1-3-13(18)8-11/h1-8,18H,9H2,(H,16,17). The van der Waals surface area contributed by atoms with E-state index in [1.807, 2.05) is 0 Å². The Labute approximate surface area is 110 Å². The molecule has 2 rings (SSSR count). The number of carbonyl (C=O) groups excluding carboxylic acids is 1. The number of hydrogen-bond donors (Lipinski definition) is 2. The number of thiol groups is 1. The van der Waals surface area contributed by atoms with Gasteiger partial charge < -0.3 is 5.32 Å². The van der Waals surface area contributed by atoms with Crippen LogP contribution in [0.15, 0.2) is 53.4 Å². The summed E-state index contributed by atoms with van der Waals surface area (Å²) in [6.07, 6.45) is 0. The second kappa shape index (κ2) is 5.69. The first-order chi connectivity index (χ1) is 8.65. The quantitative estimate of drug-likeness (QED) is 0.817. The average molecular weight is 261 g/mol. The zero-order valence-electron chi connectivity index (χ0n) is 9.56. The molecule has 0 spiro atoms. The molecular formula is C14H12FNOS.